The third-order valence-electron chi connectivity index (χ3n) is 4.77. The minimum Gasteiger partial charge on any atom is -0.497 e. The molecule has 2 heterocycles. The highest BCUT2D eigenvalue weighted by Gasteiger charge is 2.27. The van der Waals surface area contributed by atoms with E-state index in [-0.39, 0.29) is 11.4 Å². The molecule has 31 heavy (non-hydrogen) atoms. The first-order chi connectivity index (χ1) is 14.9. The van der Waals surface area contributed by atoms with Crippen molar-refractivity contribution in [3.05, 3.63) is 72.2 Å². The number of carbonyl (C=O) groups excluding carboxylic acids is 1. The van der Waals surface area contributed by atoms with Gasteiger partial charge in [-0.1, -0.05) is 23.5 Å². The van der Waals surface area contributed by atoms with Crippen LogP contribution in [0.2, 0.25) is 0 Å². The second-order valence-corrected chi connectivity index (χ2v) is 9.91. The molecule has 2 aromatic carbocycles. The van der Waals surface area contributed by atoms with Gasteiger partial charge in [0.1, 0.15) is 17.3 Å². The van der Waals surface area contributed by atoms with Gasteiger partial charge >= 0.3 is 0 Å². The summed E-state index contributed by atoms with van der Waals surface area (Å²) >= 11 is 1.34. The summed E-state index contributed by atoms with van der Waals surface area (Å²) in [4.78, 5) is 19.2. The van der Waals surface area contributed by atoms with E-state index in [1.165, 1.54) is 41.7 Å². The molecule has 0 N–H and O–H groups in total. The number of aryl methyl sites for hydroxylation is 1. The number of thiazole rings is 1. The van der Waals surface area contributed by atoms with Crippen molar-refractivity contribution >= 4 is 42.4 Å². The maximum absolute atomic E-state index is 13.2. The fourth-order valence-corrected chi connectivity index (χ4v) is 5.38. The molecule has 160 valence electrons. The maximum Gasteiger partial charge on any atom is 0.244 e. The van der Waals surface area contributed by atoms with E-state index in [1.807, 2.05) is 25.1 Å². The fourth-order valence-electron chi connectivity index (χ4n) is 3.12. The summed E-state index contributed by atoms with van der Waals surface area (Å²) < 4.78 is 37.1. The molecule has 0 aliphatic carbocycles. The Labute approximate surface area is 183 Å². The Bertz CT molecular complexity index is 1310. The number of furan rings is 1. The molecule has 0 saturated heterocycles. The quantitative estimate of drug-likeness (QED) is 0.414. The van der Waals surface area contributed by atoms with Gasteiger partial charge in [0.15, 0.2) is 15.0 Å². The number of para-hydroxylation sites is 1. The van der Waals surface area contributed by atoms with E-state index in [0.29, 0.717) is 16.6 Å². The number of hydrogen-bond donors (Lipinski definition) is 0. The van der Waals surface area contributed by atoms with Crippen molar-refractivity contribution in [3.63, 3.8) is 0 Å². The van der Waals surface area contributed by atoms with E-state index in [0.717, 1.165) is 15.8 Å². The van der Waals surface area contributed by atoms with E-state index < -0.39 is 21.5 Å². The number of sulfone groups is 1. The zero-order chi connectivity index (χ0) is 22.0. The first-order valence-electron chi connectivity index (χ1n) is 9.43. The van der Waals surface area contributed by atoms with E-state index in [1.54, 1.807) is 24.3 Å². The summed E-state index contributed by atoms with van der Waals surface area (Å²) in [7, 11) is -2.36. The van der Waals surface area contributed by atoms with Gasteiger partial charge < -0.3 is 9.15 Å². The van der Waals surface area contributed by atoms with Gasteiger partial charge in [-0.2, -0.15) is 0 Å². The molecule has 4 aromatic rings. The molecule has 4 rings (SSSR count). The first-order valence-corrected chi connectivity index (χ1v) is 11.9. The largest absolute Gasteiger partial charge is 0.497 e. The second-order valence-electron chi connectivity index (χ2n) is 6.91. The van der Waals surface area contributed by atoms with Crippen LogP contribution in [0.3, 0.4) is 0 Å². The summed E-state index contributed by atoms with van der Waals surface area (Å²) in [5, 5.41) is 0.427. The minimum atomic E-state index is -3.86. The Hall–Kier alpha value is -3.17. The van der Waals surface area contributed by atoms with Crippen LogP contribution in [0.5, 0.6) is 5.75 Å². The number of rotatable bonds is 7. The van der Waals surface area contributed by atoms with Gasteiger partial charge in [-0.15, -0.1) is 0 Å². The smallest absolute Gasteiger partial charge is 0.244 e. The number of nitrogens with zero attached hydrogens (tertiary/aromatic N) is 2. The minimum absolute atomic E-state index is 0.0553. The van der Waals surface area contributed by atoms with Gasteiger partial charge in [0, 0.05) is 0 Å². The molecular formula is C22H20N2O5S2. The SMILES string of the molecule is COc1ccc(S(=O)(=O)CC(=O)N(Cc2ccco2)c2nc3c(C)cccc3s2)cc1. The Kier molecular flexibility index (Phi) is 5.79. The number of anilines is 1. The maximum atomic E-state index is 13.2. The van der Waals surface area contributed by atoms with E-state index in [2.05, 4.69) is 4.98 Å². The van der Waals surface area contributed by atoms with Crippen LogP contribution in [0.4, 0.5) is 5.13 Å². The lowest BCUT2D eigenvalue weighted by Crippen LogP contribution is -2.35. The Morgan fingerprint density at radius 2 is 1.90 bits per heavy atom. The molecule has 7 nitrogen and oxygen atoms in total. The monoisotopic (exact) mass is 456 g/mol. The molecule has 0 radical (unpaired) electrons. The number of amides is 1. The number of carbonyl (C=O) groups is 1. The predicted molar refractivity (Wildman–Crippen MR) is 119 cm³/mol. The number of aromatic nitrogens is 1. The normalized spacial score (nSPS) is 11.5. The summed E-state index contributed by atoms with van der Waals surface area (Å²) in [5.41, 5.74) is 1.77. The van der Waals surface area contributed by atoms with Crippen molar-refractivity contribution in [2.45, 2.75) is 18.4 Å². The Balaban J connectivity index is 1.67. The van der Waals surface area contributed by atoms with Crippen LogP contribution in [0.25, 0.3) is 10.2 Å². The van der Waals surface area contributed by atoms with Crippen LogP contribution in [0, 0.1) is 6.92 Å². The van der Waals surface area contributed by atoms with Crippen molar-refractivity contribution in [3.8, 4) is 5.75 Å². The number of fused-ring (bicyclic) bond motifs is 1. The Morgan fingerprint density at radius 1 is 1.13 bits per heavy atom. The molecule has 0 aliphatic heterocycles. The molecular weight excluding hydrogens is 436 g/mol. The van der Waals surface area contributed by atoms with E-state index in [9.17, 15) is 13.2 Å². The van der Waals surface area contributed by atoms with Gasteiger partial charge in [-0.05, 0) is 55.0 Å². The van der Waals surface area contributed by atoms with Crippen molar-refractivity contribution < 1.29 is 22.4 Å². The standard InChI is InChI=1S/C22H20N2O5S2/c1-15-5-3-7-19-21(15)23-22(30-19)24(13-17-6-4-12-29-17)20(25)14-31(26,27)18-10-8-16(28-2)9-11-18/h3-12H,13-14H2,1-2H3. The van der Waals surface area contributed by atoms with Crippen LogP contribution >= 0.6 is 11.3 Å². The highest BCUT2D eigenvalue weighted by molar-refractivity contribution is 7.92. The number of methoxy groups -OCH3 is 1. The topological polar surface area (TPSA) is 89.7 Å². The van der Waals surface area contributed by atoms with Gasteiger partial charge in [0.25, 0.3) is 0 Å². The third-order valence-corrected chi connectivity index (χ3v) is 7.43. The zero-order valence-electron chi connectivity index (χ0n) is 16.9. The lowest BCUT2D eigenvalue weighted by molar-refractivity contribution is -0.116. The molecule has 0 fully saturated rings. The average Bonchev–Trinajstić information content (AvgIpc) is 3.42. The van der Waals surface area contributed by atoms with Gasteiger partial charge in [-0.3, -0.25) is 9.69 Å². The van der Waals surface area contributed by atoms with Crippen LogP contribution in [-0.2, 0) is 21.2 Å². The van der Waals surface area contributed by atoms with Crippen LogP contribution in [0.15, 0.2) is 70.2 Å². The van der Waals surface area contributed by atoms with Crippen molar-refractivity contribution in [1.29, 1.82) is 0 Å². The molecule has 0 spiro atoms. The molecule has 9 heteroatoms. The molecule has 0 atom stereocenters. The van der Waals surface area contributed by atoms with E-state index in [4.69, 9.17) is 9.15 Å². The number of benzene rings is 2. The molecule has 0 unspecified atom stereocenters. The van der Waals surface area contributed by atoms with Crippen LogP contribution < -0.4 is 9.64 Å². The second kappa shape index (κ2) is 8.52. The summed E-state index contributed by atoms with van der Waals surface area (Å²) in [6, 6.07) is 15.2. The summed E-state index contributed by atoms with van der Waals surface area (Å²) in [6.07, 6.45) is 1.51. The lowest BCUT2D eigenvalue weighted by Gasteiger charge is -2.18. The van der Waals surface area contributed by atoms with Crippen molar-refractivity contribution in [1.82, 2.24) is 4.98 Å². The summed E-state index contributed by atoms with van der Waals surface area (Å²) in [5.74, 6) is -0.195. The lowest BCUT2D eigenvalue weighted by atomic mass is 10.2. The van der Waals surface area contributed by atoms with Gasteiger partial charge in [-0.25, -0.2) is 13.4 Å². The molecule has 0 bridgehead atoms. The highest BCUT2D eigenvalue weighted by Crippen LogP contribution is 2.32. The molecule has 2 aromatic heterocycles. The number of hydrogen-bond acceptors (Lipinski definition) is 7. The predicted octanol–water partition coefficient (Wildman–Crippen LogP) is 4.21. The van der Waals surface area contributed by atoms with Crippen LogP contribution in [-0.4, -0.2) is 32.2 Å². The summed E-state index contributed by atoms with van der Waals surface area (Å²) in [6.45, 7) is 2.03. The first kappa shape index (κ1) is 21.1. The molecule has 1 amide bonds. The number of ether oxygens (including phenoxy) is 1. The van der Waals surface area contributed by atoms with Crippen LogP contribution in [0.1, 0.15) is 11.3 Å². The molecule has 0 aliphatic rings. The van der Waals surface area contributed by atoms with Gasteiger partial charge in [0.05, 0.1) is 35.0 Å². The zero-order valence-corrected chi connectivity index (χ0v) is 18.6. The average molecular weight is 457 g/mol. The van der Waals surface area contributed by atoms with Gasteiger partial charge in [0.2, 0.25) is 5.91 Å². The third kappa shape index (κ3) is 4.47. The Morgan fingerprint density at radius 3 is 2.55 bits per heavy atom. The van der Waals surface area contributed by atoms with E-state index >= 15 is 0 Å². The fraction of sp³-hybridized carbons (Fsp3) is 0.182. The molecule has 0 saturated carbocycles. The highest BCUT2D eigenvalue weighted by atomic mass is 32.2. The van der Waals surface area contributed by atoms with Crippen molar-refractivity contribution in [2.75, 3.05) is 17.8 Å². The van der Waals surface area contributed by atoms with Crippen molar-refractivity contribution in [2.24, 2.45) is 0 Å².